The van der Waals surface area contributed by atoms with Crippen LogP contribution >= 0.6 is 0 Å². The molecule has 4 heteroatoms. The molecule has 1 aliphatic rings. The van der Waals surface area contributed by atoms with Crippen LogP contribution in [0.4, 0.5) is 0 Å². The number of amides is 1. The highest BCUT2D eigenvalue weighted by Gasteiger charge is 2.25. The van der Waals surface area contributed by atoms with E-state index in [9.17, 15) is 4.79 Å². The normalized spacial score (nSPS) is 16.0. The average Bonchev–Trinajstić information content (AvgIpc) is 3.08. The summed E-state index contributed by atoms with van der Waals surface area (Å²) < 4.78 is 2.09. The number of aromatic nitrogens is 2. The molecule has 0 saturated carbocycles. The van der Waals surface area contributed by atoms with Crippen molar-refractivity contribution in [1.29, 1.82) is 0 Å². The van der Waals surface area contributed by atoms with E-state index in [1.807, 2.05) is 24.4 Å². The van der Waals surface area contributed by atoms with Gasteiger partial charge in [-0.15, -0.1) is 0 Å². The Balaban J connectivity index is 1.45. The Kier molecular flexibility index (Phi) is 5.05. The Labute approximate surface area is 160 Å². The monoisotopic (exact) mass is 359 g/mol. The molecule has 0 radical (unpaired) electrons. The fourth-order valence-electron chi connectivity index (χ4n) is 3.80. The van der Waals surface area contributed by atoms with E-state index >= 15 is 0 Å². The zero-order valence-electron chi connectivity index (χ0n) is 15.7. The van der Waals surface area contributed by atoms with Crippen LogP contribution in [0.5, 0.6) is 0 Å². The summed E-state index contributed by atoms with van der Waals surface area (Å²) in [6.45, 7) is 2.83. The van der Waals surface area contributed by atoms with Crippen molar-refractivity contribution in [3.63, 3.8) is 0 Å². The van der Waals surface area contributed by atoms with Gasteiger partial charge in [-0.1, -0.05) is 60.2 Å². The maximum absolute atomic E-state index is 12.5. The lowest BCUT2D eigenvalue weighted by Gasteiger charge is -2.24. The Hall–Kier alpha value is -2.88. The number of hydrogen-bond donors (Lipinski definition) is 1. The predicted molar refractivity (Wildman–Crippen MR) is 106 cm³/mol. The highest BCUT2D eigenvalue weighted by molar-refractivity contribution is 5.79. The first-order valence-corrected chi connectivity index (χ1v) is 9.62. The Morgan fingerprint density at radius 2 is 1.89 bits per heavy atom. The van der Waals surface area contributed by atoms with Crippen LogP contribution in [0.3, 0.4) is 0 Å². The fraction of sp³-hybridized carbons (Fsp3) is 0.304. The van der Waals surface area contributed by atoms with Crippen LogP contribution in [-0.4, -0.2) is 15.7 Å². The molecule has 0 aliphatic heterocycles. The van der Waals surface area contributed by atoms with Crippen molar-refractivity contribution in [2.75, 3.05) is 0 Å². The van der Waals surface area contributed by atoms with Crippen LogP contribution in [-0.2, 0) is 24.2 Å². The van der Waals surface area contributed by atoms with Crippen molar-refractivity contribution in [3.05, 3.63) is 88.7 Å². The molecule has 27 heavy (non-hydrogen) atoms. The van der Waals surface area contributed by atoms with Crippen molar-refractivity contribution in [1.82, 2.24) is 15.1 Å². The molecule has 0 bridgehead atoms. The Morgan fingerprint density at radius 3 is 2.67 bits per heavy atom. The van der Waals surface area contributed by atoms with Gasteiger partial charge in [-0.25, -0.2) is 0 Å². The minimum Gasteiger partial charge on any atom is -0.349 e. The number of nitrogens with one attached hydrogen (secondary N) is 1. The first-order valence-electron chi connectivity index (χ1n) is 9.62. The summed E-state index contributed by atoms with van der Waals surface area (Å²) in [5.74, 6) is 0.0764. The molecule has 1 aliphatic carbocycles. The second-order valence-electron chi connectivity index (χ2n) is 7.36. The third kappa shape index (κ3) is 4.11. The van der Waals surface area contributed by atoms with Gasteiger partial charge in [-0.2, -0.15) is 5.10 Å². The quantitative estimate of drug-likeness (QED) is 0.749. The lowest BCUT2D eigenvalue weighted by atomic mass is 9.92. The molecular formula is C23H25N3O. The van der Waals surface area contributed by atoms with E-state index in [4.69, 9.17) is 0 Å². The van der Waals surface area contributed by atoms with Crippen molar-refractivity contribution in [2.24, 2.45) is 0 Å². The number of benzene rings is 2. The van der Waals surface area contributed by atoms with E-state index in [0.717, 1.165) is 31.4 Å². The number of carbonyl (C=O) groups is 1. The minimum atomic E-state index is 0.0659. The lowest BCUT2D eigenvalue weighted by molar-refractivity contribution is -0.121. The van der Waals surface area contributed by atoms with Gasteiger partial charge in [0.1, 0.15) is 0 Å². The summed E-state index contributed by atoms with van der Waals surface area (Å²) in [5, 5.41) is 7.83. The highest BCUT2D eigenvalue weighted by atomic mass is 16.1. The molecular weight excluding hydrogens is 334 g/mol. The molecule has 1 heterocycles. The fourth-order valence-corrected chi connectivity index (χ4v) is 3.80. The second kappa shape index (κ2) is 7.78. The summed E-state index contributed by atoms with van der Waals surface area (Å²) in [7, 11) is 0. The van der Waals surface area contributed by atoms with Gasteiger partial charge < -0.3 is 5.32 Å². The summed E-state index contributed by atoms with van der Waals surface area (Å²) >= 11 is 0. The molecule has 1 N–H and O–H groups in total. The van der Waals surface area contributed by atoms with Crippen LogP contribution in [0.2, 0.25) is 0 Å². The molecule has 2 aromatic carbocycles. The van der Waals surface area contributed by atoms with Gasteiger partial charge in [0, 0.05) is 11.3 Å². The molecule has 1 atom stereocenters. The Morgan fingerprint density at radius 1 is 1.11 bits per heavy atom. The largest absolute Gasteiger partial charge is 0.349 e. The topological polar surface area (TPSA) is 46.9 Å². The van der Waals surface area contributed by atoms with Crippen molar-refractivity contribution < 1.29 is 4.79 Å². The van der Waals surface area contributed by atoms with Gasteiger partial charge in [-0.05, 0) is 37.3 Å². The molecule has 0 fully saturated rings. The number of hydrogen-bond acceptors (Lipinski definition) is 2. The summed E-state index contributed by atoms with van der Waals surface area (Å²) in [5.41, 5.74) is 5.94. The zero-order chi connectivity index (χ0) is 18.6. The third-order valence-corrected chi connectivity index (χ3v) is 5.26. The smallest absolute Gasteiger partial charge is 0.224 e. The van der Waals surface area contributed by atoms with Gasteiger partial charge >= 0.3 is 0 Å². The summed E-state index contributed by atoms with van der Waals surface area (Å²) in [4.78, 5) is 12.5. The van der Waals surface area contributed by atoms with Gasteiger partial charge in [0.05, 0.1) is 25.2 Å². The molecule has 3 aromatic rings. The van der Waals surface area contributed by atoms with Crippen molar-refractivity contribution in [3.8, 4) is 0 Å². The van der Waals surface area contributed by atoms with E-state index in [0.29, 0.717) is 6.42 Å². The number of rotatable bonds is 5. The predicted octanol–water partition coefficient (Wildman–Crippen LogP) is 3.98. The summed E-state index contributed by atoms with van der Waals surface area (Å²) in [6, 6.07) is 18.6. The summed E-state index contributed by atoms with van der Waals surface area (Å²) in [6.07, 6.45) is 5.43. The van der Waals surface area contributed by atoms with Gasteiger partial charge in [0.15, 0.2) is 0 Å². The molecule has 0 unspecified atom stereocenters. The zero-order valence-corrected chi connectivity index (χ0v) is 15.7. The molecule has 4 rings (SSSR count). The maximum atomic E-state index is 12.5. The van der Waals surface area contributed by atoms with E-state index in [1.54, 1.807) is 0 Å². The van der Waals surface area contributed by atoms with Gasteiger partial charge in [0.25, 0.3) is 0 Å². The Bertz CT molecular complexity index is 913. The SMILES string of the molecule is Cc1ccc(CC(=O)N[C@@H]2CCCc3c2cnn3Cc2ccccc2)cc1. The molecule has 0 saturated heterocycles. The van der Waals surface area contributed by atoms with Crippen LogP contribution in [0.25, 0.3) is 0 Å². The highest BCUT2D eigenvalue weighted by Crippen LogP contribution is 2.30. The number of fused-ring (bicyclic) bond motifs is 1. The van der Waals surface area contributed by atoms with Crippen LogP contribution in [0.1, 0.15) is 46.8 Å². The van der Waals surface area contributed by atoms with Crippen molar-refractivity contribution in [2.45, 2.75) is 45.2 Å². The molecule has 1 amide bonds. The molecule has 0 spiro atoms. The number of nitrogens with zero attached hydrogens (tertiary/aromatic N) is 2. The second-order valence-corrected chi connectivity index (χ2v) is 7.36. The number of aryl methyl sites for hydroxylation is 1. The van der Waals surface area contributed by atoms with Gasteiger partial charge in [0.2, 0.25) is 5.91 Å². The average molecular weight is 359 g/mol. The lowest BCUT2D eigenvalue weighted by Crippen LogP contribution is -2.32. The maximum Gasteiger partial charge on any atom is 0.224 e. The van der Waals surface area contributed by atoms with E-state index < -0.39 is 0 Å². The third-order valence-electron chi connectivity index (χ3n) is 5.26. The van der Waals surface area contributed by atoms with E-state index in [-0.39, 0.29) is 11.9 Å². The van der Waals surface area contributed by atoms with Crippen LogP contribution < -0.4 is 5.32 Å². The van der Waals surface area contributed by atoms with Crippen LogP contribution in [0, 0.1) is 6.92 Å². The number of carbonyl (C=O) groups excluding carboxylic acids is 1. The van der Waals surface area contributed by atoms with E-state index in [2.05, 4.69) is 58.4 Å². The standard InChI is InChI=1S/C23H25N3O/c1-17-10-12-18(13-11-17)14-23(27)25-21-8-5-9-22-20(21)15-24-26(22)16-19-6-3-2-4-7-19/h2-4,6-7,10-13,15,21H,5,8-9,14,16H2,1H3,(H,25,27)/t21-/m1/s1. The molecule has 1 aromatic heterocycles. The minimum absolute atomic E-state index is 0.0659. The first kappa shape index (κ1) is 17.5. The van der Waals surface area contributed by atoms with Gasteiger partial charge in [-0.3, -0.25) is 9.48 Å². The van der Waals surface area contributed by atoms with Crippen molar-refractivity contribution >= 4 is 5.91 Å². The van der Waals surface area contributed by atoms with Crippen LogP contribution in [0.15, 0.2) is 60.8 Å². The first-order chi connectivity index (χ1) is 13.2. The molecule has 4 nitrogen and oxygen atoms in total. The van der Waals surface area contributed by atoms with E-state index in [1.165, 1.54) is 22.4 Å². The molecule has 138 valence electrons.